The monoisotopic (exact) mass is 365 g/mol. The standard InChI is InChI=1S/C21H20FN3O2/c1-13-5-4-6-18(14(13)2)23-21(27)15(3)25-20(26)12-11-19(24-25)16-7-9-17(22)10-8-16/h4-12,15H,1-3H3,(H,23,27). The van der Waals surface area contributed by atoms with E-state index in [2.05, 4.69) is 10.4 Å². The van der Waals surface area contributed by atoms with Gasteiger partial charge >= 0.3 is 0 Å². The minimum Gasteiger partial charge on any atom is -0.324 e. The Balaban J connectivity index is 1.89. The molecule has 0 fully saturated rings. The Kier molecular flexibility index (Phi) is 5.16. The van der Waals surface area contributed by atoms with Crippen molar-refractivity contribution in [1.82, 2.24) is 9.78 Å². The molecule has 138 valence electrons. The van der Waals surface area contributed by atoms with E-state index in [1.165, 1.54) is 18.2 Å². The first-order chi connectivity index (χ1) is 12.9. The molecule has 1 atom stereocenters. The maximum Gasteiger partial charge on any atom is 0.267 e. The maximum absolute atomic E-state index is 13.1. The molecule has 1 N–H and O–H groups in total. The summed E-state index contributed by atoms with van der Waals surface area (Å²) in [6.45, 7) is 5.51. The van der Waals surface area contributed by atoms with Crippen molar-refractivity contribution in [3.8, 4) is 11.3 Å². The van der Waals surface area contributed by atoms with Gasteiger partial charge in [0.2, 0.25) is 5.91 Å². The molecular formula is C21H20FN3O2. The zero-order chi connectivity index (χ0) is 19.6. The van der Waals surface area contributed by atoms with Gasteiger partial charge in [-0.1, -0.05) is 12.1 Å². The molecule has 0 spiro atoms. The highest BCUT2D eigenvalue weighted by Gasteiger charge is 2.19. The van der Waals surface area contributed by atoms with Crippen molar-refractivity contribution < 1.29 is 9.18 Å². The Hall–Kier alpha value is -3.28. The zero-order valence-electron chi connectivity index (χ0n) is 15.4. The normalized spacial score (nSPS) is 11.9. The highest BCUT2D eigenvalue weighted by atomic mass is 19.1. The van der Waals surface area contributed by atoms with Crippen molar-refractivity contribution in [1.29, 1.82) is 0 Å². The SMILES string of the molecule is Cc1cccc(NC(=O)C(C)n2nc(-c3ccc(F)cc3)ccc2=O)c1C. The van der Waals surface area contributed by atoms with Gasteiger partial charge in [0.1, 0.15) is 11.9 Å². The van der Waals surface area contributed by atoms with Crippen LogP contribution in [0.15, 0.2) is 59.4 Å². The van der Waals surface area contributed by atoms with Crippen LogP contribution in [-0.2, 0) is 4.79 Å². The Labute approximate surface area is 156 Å². The van der Waals surface area contributed by atoms with E-state index in [0.29, 0.717) is 16.9 Å². The van der Waals surface area contributed by atoms with Crippen LogP contribution in [0.3, 0.4) is 0 Å². The summed E-state index contributed by atoms with van der Waals surface area (Å²) in [7, 11) is 0. The van der Waals surface area contributed by atoms with Gasteiger partial charge in [-0.05, 0) is 68.3 Å². The quantitative estimate of drug-likeness (QED) is 0.763. The van der Waals surface area contributed by atoms with Crippen molar-refractivity contribution in [3.05, 3.63) is 81.9 Å². The number of carbonyl (C=O) groups excluding carboxylic acids is 1. The van der Waals surface area contributed by atoms with E-state index >= 15 is 0 Å². The van der Waals surface area contributed by atoms with Crippen LogP contribution in [0.5, 0.6) is 0 Å². The van der Waals surface area contributed by atoms with E-state index in [1.807, 2.05) is 32.0 Å². The topological polar surface area (TPSA) is 64.0 Å². The molecule has 5 nitrogen and oxygen atoms in total. The van der Waals surface area contributed by atoms with Crippen LogP contribution in [0, 0.1) is 19.7 Å². The molecule has 1 aromatic heterocycles. The second-order valence-electron chi connectivity index (χ2n) is 6.42. The van der Waals surface area contributed by atoms with Crippen molar-refractivity contribution in [2.24, 2.45) is 0 Å². The maximum atomic E-state index is 13.1. The van der Waals surface area contributed by atoms with Crippen LogP contribution in [0.25, 0.3) is 11.3 Å². The van der Waals surface area contributed by atoms with E-state index < -0.39 is 6.04 Å². The Bertz CT molecular complexity index is 1040. The minimum absolute atomic E-state index is 0.338. The molecule has 3 aromatic rings. The van der Waals surface area contributed by atoms with Crippen LogP contribution < -0.4 is 10.9 Å². The number of nitrogens with zero attached hydrogens (tertiary/aromatic N) is 2. The largest absolute Gasteiger partial charge is 0.324 e. The summed E-state index contributed by atoms with van der Waals surface area (Å²) in [5, 5.41) is 7.15. The van der Waals surface area contributed by atoms with E-state index in [1.54, 1.807) is 25.1 Å². The first-order valence-corrected chi connectivity index (χ1v) is 8.59. The fraction of sp³-hybridized carbons (Fsp3) is 0.190. The third kappa shape index (κ3) is 3.95. The summed E-state index contributed by atoms with van der Waals surface area (Å²) in [5.41, 5.74) is 3.50. The van der Waals surface area contributed by atoms with E-state index in [9.17, 15) is 14.0 Å². The highest BCUT2D eigenvalue weighted by molar-refractivity contribution is 5.94. The number of anilines is 1. The predicted octanol–water partition coefficient (Wildman–Crippen LogP) is 3.87. The molecule has 6 heteroatoms. The smallest absolute Gasteiger partial charge is 0.267 e. The van der Waals surface area contributed by atoms with Gasteiger partial charge in [-0.2, -0.15) is 5.10 Å². The number of hydrogen-bond acceptors (Lipinski definition) is 3. The van der Waals surface area contributed by atoms with Crippen molar-refractivity contribution in [2.75, 3.05) is 5.32 Å². The molecule has 0 aliphatic carbocycles. The Morgan fingerprint density at radius 2 is 1.78 bits per heavy atom. The van der Waals surface area contributed by atoms with Gasteiger partial charge in [-0.15, -0.1) is 0 Å². The van der Waals surface area contributed by atoms with Crippen molar-refractivity contribution >= 4 is 11.6 Å². The van der Waals surface area contributed by atoms with Gasteiger partial charge in [0.25, 0.3) is 5.56 Å². The molecule has 1 amide bonds. The molecule has 0 aliphatic rings. The predicted molar refractivity (Wildman–Crippen MR) is 103 cm³/mol. The Morgan fingerprint density at radius 3 is 2.48 bits per heavy atom. The van der Waals surface area contributed by atoms with E-state index in [0.717, 1.165) is 15.8 Å². The van der Waals surface area contributed by atoms with Gasteiger partial charge in [0.05, 0.1) is 5.69 Å². The number of rotatable bonds is 4. The number of amides is 1. The third-order valence-electron chi connectivity index (χ3n) is 4.57. The first kappa shape index (κ1) is 18.5. The Morgan fingerprint density at radius 1 is 1.07 bits per heavy atom. The van der Waals surface area contributed by atoms with Crippen molar-refractivity contribution in [3.63, 3.8) is 0 Å². The van der Waals surface area contributed by atoms with Crippen molar-refractivity contribution in [2.45, 2.75) is 26.8 Å². The number of benzene rings is 2. The molecule has 0 aliphatic heterocycles. The average Bonchev–Trinajstić information content (AvgIpc) is 2.66. The van der Waals surface area contributed by atoms with Crippen LogP contribution in [0.1, 0.15) is 24.1 Å². The lowest BCUT2D eigenvalue weighted by Gasteiger charge is -2.16. The van der Waals surface area contributed by atoms with Crippen LogP contribution in [-0.4, -0.2) is 15.7 Å². The average molecular weight is 365 g/mol. The number of hydrogen-bond donors (Lipinski definition) is 1. The van der Waals surface area contributed by atoms with E-state index in [-0.39, 0.29) is 17.3 Å². The molecule has 3 rings (SSSR count). The first-order valence-electron chi connectivity index (χ1n) is 8.59. The molecule has 0 saturated carbocycles. The minimum atomic E-state index is -0.808. The summed E-state index contributed by atoms with van der Waals surface area (Å²) in [5.74, 6) is -0.692. The second-order valence-corrected chi connectivity index (χ2v) is 6.42. The molecule has 0 radical (unpaired) electrons. The zero-order valence-corrected chi connectivity index (χ0v) is 15.4. The fourth-order valence-electron chi connectivity index (χ4n) is 2.71. The molecule has 1 unspecified atom stereocenters. The van der Waals surface area contributed by atoms with Gasteiger partial charge in [0, 0.05) is 17.3 Å². The van der Waals surface area contributed by atoms with Crippen LogP contribution >= 0.6 is 0 Å². The number of carbonyl (C=O) groups is 1. The highest BCUT2D eigenvalue weighted by Crippen LogP contribution is 2.20. The number of aromatic nitrogens is 2. The van der Waals surface area contributed by atoms with Gasteiger partial charge in [-0.25, -0.2) is 9.07 Å². The molecule has 27 heavy (non-hydrogen) atoms. The summed E-state index contributed by atoms with van der Waals surface area (Å²) in [4.78, 5) is 24.9. The number of aryl methyl sites for hydroxylation is 1. The molecule has 1 heterocycles. The van der Waals surface area contributed by atoms with Gasteiger partial charge in [0.15, 0.2) is 0 Å². The third-order valence-corrected chi connectivity index (χ3v) is 4.57. The molecule has 0 bridgehead atoms. The second kappa shape index (κ2) is 7.53. The summed E-state index contributed by atoms with van der Waals surface area (Å²) in [6, 6.07) is 13.5. The summed E-state index contributed by atoms with van der Waals surface area (Å²) in [6.07, 6.45) is 0. The van der Waals surface area contributed by atoms with Crippen LogP contribution in [0.2, 0.25) is 0 Å². The fourth-order valence-corrected chi connectivity index (χ4v) is 2.71. The van der Waals surface area contributed by atoms with Crippen LogP contribution in [0.4, 0.5) is 10.1 Å². The molecule has 2 aromatic carbocycles. The number of nitrogens with one attached hydrogen (secondary N) is 1. The lowest BCUT2D eigenvalue weighted by Crippen LogP contribution is -2.33. The molecule has 0 saturated heterocycles. The van der Waals surface area contributed by atoms with Gasteiger partial charge in [-0.3, -0.25) is 9.59 Å². The lowest BCUT2D eigenvalue weighted by atomic mass is 10.1. The molecular weight excluding hydrogens is 345 g/mol. The lowest BCUT2D eigenvalue weighted by molar-refractivity contribution is -0.119. The van der Waals surface area contributed by atoms with Gasteiger partial charge < -0.3 is 5.32 Å². The summed E-state index contributed by atoms with van der Waals surface area (Å²) >= 11 is 0. The van der Waals surface area contributed by atoms with E-state index in [4.69, 9.17) is 0 Å². The number of halogens is 1. The summed E-state index contributed by atoms with van der Waals surface area (Å²) < 4.78 is 14.3.